The van der Waals surface area contributed by atoms with Crippen LogP contribution in [0.1, 0.15) is 15.9 Å². The second kappa shape index (κ2) is 6.55. The van der Waals surface area contributed by atoms with Crippen molar-refractivity contribution < 1.29 is 27.2 Å². The third-order valence-electron chi connectivity index (χ3n) is 2.77. The SMILES string of the molecule is CNC(=O)c1ccc(CN(C)C(=O)C(F)(F)C(F)F)cc1. The molecule has 1 aromatic rings. The summed E-state index contributed by atoms with van der Waals surface area (Å²) in [5.41, 5.74) is 0.789. The highest BCUT2D eigenvalue weighted by molar-refractivity contribution is 5.93. The lowest BCUT2D eigenvalue weighted by Gasteiger charge is -2.22. The number of benzene rings is 1. The highest BCUT2D eigenvalue weighted by Gasteiger charge is 2.50. The molecule has 4 nitrogen and oxygen atoms in total. The van der Waals surface area contributed by atoms with Gasteiger partial charge in [0, 0.05) is 26.2 Å². The first-order valence-electron chi connectivity index (χ1n) is 5.92. The topological polar surface area (TPSA) is 49.4 Å². The third kappa shape index (κ3) is 3.93. The van der Waals surface area contributed by atoms with Crippen molar-refractivity contribution in [3.8, 4) is 0 Å². The van der Waals surface area contributed by atoms with Crippen molar-refractivity contribution in [2.45, 2.75) is 18.9 Å². The standard InChI is InChI=1S/C13H14F4N2O2/c1-18-10(20)9-5-3-8(4-6-9)7-19(2)12(21)13(16,17)11(14)15/h3-6,11H,7H2,1-2H3,(H,18,20). The summed E-state index contributed by atoms with van der Waals surface area (Å²) >= 11 is 0. The number of rotatable bonds is 5. The number of hydrogen-bond acceptors (Lipinski definition) is 2. The lowest BCUT2D eigenvalue weighted by molar-refractivity contribution is -0.179. The zero-order valence-electron chi connectivity index (χ0n) is 11.4. The molecule has 0 saturated carbocycles. The van der Waals surface area contributed by atoms with Crippen LogP contribution in [0, 0.1) is 0 Å². The van der Waals surface area contributed by atoms with E-state index in [9.17, 15) is 27.2 Å². The fourth-order valence-corrected chi connectivity index (χ4v) is 1.60. The van der Waals surface area contributed by atoms with Crippen molar-refractivity contribution in [1.82, 2.24) is 10.2 Å². The highest BCUT2D eigenvalue weighted by Crippen LogP contribution is 2.25. The average Bonchev–Trinajstić information content (AvgIpc) is 2.46. The predicted octanol–water partition coefficient (Wildman–Crippen LogP) is 1.91. The Morgan fingerprint density at radius 1 is 1.24 bits per heavy atom. The van der Waals surface area contributed by atoms with Gasteiger partial charge in [0.1, 0.15) is 0 Å². The van der Waals surface area contributed by atoms with Crippen LogP contribution in [0.5, 0.6) is 0 Å². The Kier molecular flexibility index (Phi) is 5.28. The van der Waals surface area contributed by atoms with Gasteiger partial charge in [0.25, 0.3) is 11.8 Å². The van der Waals surface area contributed by atoms with Crippen molar-refractivity contribution >= 4 is 11.8 Å². The van der Waals surface area contributed by atoms with Gasteiger partial charge < -0.3 is 10.2 Å². The van der Waals surface area contributed by atoms with Gasteiger partial charge in [-0.05, 0) is 17.7 Å². The summed E-state index contributed by atoms with van der Waals surface area (Å²) in [5, 5.41) is 2.41. The van der Waals surface area contributed by atoms with Crippen LogP contribution in [0.15, 0.2) is 24.3 Å². The minimum atomic E-state index is -4.71. The Balaban J connectivity index is 2.77. The molecule has 116 valence electrons. The monoisotopic (exact) mass is 306 g/mol. The maximum Gasteiger partial charge on any atom is 0.383 e. The normalized spacial score (nSPS) is 11.4. The van der Waals surface area contributed by atoms with E-state index in [0.717, 1.165) is 7.05 Å². The van der Waals surface area contributed by atoms with E-state index >= 15 is 0 Å². The molecule has 0 atom stereocenters. The van der Waals surface area contributed by atoms with Crippen LogP contribution >= 0.6 is 0 Å². The molecule has 8 heteroatoms. The molecule has 0 radical (unpaired) electrons. The quantitative estimate of drug-likeness (QED) is 0.845. The van der Waals surface area contributed by atoms with Gasteiger partial charge in [0.2, 0.25) is 0 Å². The largest absolute Gasteiger partial charge is 0.383 e. The molecule has 0 aliphatic rings. The number of amides is 2. The van der Waals surface area contributed by atoms with Crippen LogP contribution in [-0.4, -0.2) is 43.2 Å². The van der Waals surface area contributed by atoms with Crippen molar-refractivity contribution in [1.29, 1.82) is 0 Å². The summed E-state index contributed by atoms with van der Waals surface area (Å²) in [6, 6.07) is 5.79. The smallest absolute Gasteiger partial charge is 0.355 e. The van der Waals surface area contributed by atoms with Gasteiger partial charge in [0.15, 0.2) is 0 Å². The molecule has 1 aromatic carbocycles. The fourth-order valence-electron chi connectivity index (χ4n) is 1.60. The van der Waals surface area contributed by atoms with Gasteiger partial charge >= 0.3 is 12.3 Å². The van der Waals surface area contributed by atoms with E-state index in [1.165, 1.54) is 31.3 Å². The van der Waals surface area contributed by atoms with Gasteiger partial charge in [-0.15, -0.1) is 0 Å². The minimum absolute atomic E-state index is 0.269. The van der Waals surface area contributed by atoms with Gasteiger partial charge in [-0.2, -0.15) is 8.78 Å². The molecule has 1 rings (SSSR count). The first-order chi connectivity index (χ1) is 9.70. The summed E-state index contributed by atoms with van der Waals surface area (Å²) in [5.74, 6) is -6.99. The molecule has 21 heavy (non-hydrogen) atoms. The van der Waals surface area contributed by atoms with Crippen LogP contribution in [0.4, 0.5) is 17.6 Å². The molecule has 0 saturated heterocycles. The molecule has 0 fully saturated rings. The Bertz CT molecular complexity index is 517. The van der Waals surface area contributed by atoms with E-state index in [1.54, 1.807) is 0 Å². The van der Waals surface area contributed by atoms with Gasteiger partial charge in [-0.1, -0.05) is 12.1 Å². The summed E-state index contributed by atoms with van der Waals surface area (Å²) in [6.45, 7) is -0.269. The zero-order chi connectivity index (χ0) is 16.2. The number of alkyl halides is 4. The molecule has 1 N–H and O–H groups in total. The average molecular weight is 306 g/mol. The lowest BCUT2D eigenvalue weighted by atomic mass is 10.1. The molecule has 0 heterocycles. The van der Waals surface area contributed by atoms with Crippen LogP contribution in [0.2, 0.25) is 0 Å². The maximum absolute atomic E-state index is 12.9. The Morgan fingerprint density at radius 2 is 1.76 bits per heavy atom. The first kappa shape index (κ1) is 16.9. The number of halogens is 4. The predicted molar refractivity (Wildman–Crippen MR) is 67.3 cm³/mol. The third-order valence-corrected chi connectivity index (χ3v) is 2.77. The van der Waals surface area contributed by atoms with Crippen molar-refractivity contribution in [3.05, 3.63) is 35.4 Å². The molecule has 0 unspecified atom stereocenters. The summed E-state index contributed by atoms with van der Waals surface area (Å²) in [4.78, 5) is 23.1. The number of nitrogens with one attached hydrogen (secondary N) is 1. The molecular formula is C13H14F4N2O2. The zero-order valence-corrected chi connectivity index (χ0v) is 11.4. The summed E-state index contributed by atoms with van der Waals surface area (Å²) < 4.78 is 50.0. The minimum Gasteiger partial charge on any atom is -0.355 e. The fraction of sp³-hybridized carbons (Fsp3) is 0.385. The number of carbonyl (C=O) groups excluding carboxylic acids is 2. The number of hydrogen-bond donors (Lipinski definition) is 1. The van der Waals surface area contributed by atoms with Crippen LogP contribution in [-0.2, 0) is 11.3 Å². The summed E-state index contributed by atoms with van der Waals surface area (Å²) in [7, 11) is 2.46. The molecule has 0 aliphatic carbocycles. The van der Waals surface area contributed by atoms with Gasteiger partial charge in [-0.3, -0.25) is 9.59 Å². The second-order valence-electron chi connectivity index (χ2n) is 4.36. The second-order valence-corrected chi connectivity index (χ2v) is 4.36. The molecule has 2 amide bonds. The van der Waals surface area contributed by atoms with Crippen LogP contribution in [0.25, 0.3) is 0 Å². The number of nitrogens with zero attached hydrogens (tertiary/aromatic N) is 1. The Morgan fingerprint density at radius 3 is 2.19 bits per heavy atom. The van der Waals surface area contributed by atoms with E-state index in [1.807, 2.05) is 0 Å². The maximum atomic E-state index is 12.9. The van der Waals surface area contributed by atoms with E-state index in [2.05, 4.69) is 5.32 Å². The molecular weight excluding hydrogens is 292 g/mol. The van der Waals surface area contributed by atoms with E-state index in [4.69, 9.17) is 0 Å². The summed E-state index contributed by atoms with van der Waals surface area (Å²) in [6.07, 6.45) is -4.05. The first-order valence-corrected chi connectivity index (χ1v) is 5.92. The lowest BCUT2D eigenvalue weighted by Crippen LogP contribution is -2.45. The number of carbonyl (C=O) groups is 2. The van der Waals surface area contributed by atoms with E-state index in [0.29, 0.717) is 16.0 Å². The Labute approximate surface area is 118 Å². The van der Waals surface area contributed by atoms with Gasteiger partial charge in [0.05, 0.1) is 0 Å². The van der Waals surface area contributed by atoms with Crippen molar-refractivity contribution in [3.63, 3.8) is 0 Å². The van der Waals surface area contributed by atoms with E-state index in [-0.39, 0.29) is 12.5 Å². The van der Waals surface area contributed by atoms with Crippen LogP contribution < -0.4 is 5.32 Å². The molecule has 0 bridgehead atoms. The molecule has 0 aliphatic heterocycles. The van der Waals surface area contributed by atoms with Gasteiger partial charge in [-0.25, -0.2) is 8.78 Å². The molecule has 0 spiro atoms. The van der Waals surface area contributed by atoms with Crippen molar-refractivity contribution in [2.75, 3.05) is 14.1 Å². The van der Waals surface area contributed by atoms with Crippen LogP contribution in [0.3, 0.4) is 0 Å². The Hall–Kier alpha value is -2.12. The van der Waals surface area contributed by atoms with Crippen molar-refractivity contribution in [2.24, 2.45) is 0 Å². The highest BCUT2D eigenvalue weighted by atomic mass is 19.3. The molecule has 0 aromatic heterocycles. The van der Waals surface area contributed by atoms with E-state index < -0.39 is 18.3 Å².